The van der Waals surface area contributed by atoms with E-state index in [4.69, 9.17) is 14.5 Å². The molecular formula is C26H25FN2O4S. The quantitative estimate of drug-likeness (QED) is 0.291. The van der Waals surface area contributed by atoms with Crippen molar-refractivity contribution >= 4 is 27.5 Å². The number of carbonyl (C=O) groups is 1. The van der Waals surface area contributed by atoms with Crippen LogP contribution in [0.3, 0.4) is 0 Å². The minimum atomic E-state index is -0.984. The molecule has 0 saturated heterocycles. The number of hydrogen-bond acceptors (Lipinski definition) is 6. The minimum Gasteiger partial charge on any atom is -0.482 e. The fourth-order valence-electron chi connectivity index (χ4n) is 3.43. The highest BCUT2D eigenvalue weighted by molar-refractivity contribution is 7.18. The minimum absolute atomic E-state index is 0.322. The number of benzene rings is 3. The molecule has 0 radical (unpaired) electrons. The first-order valence-corrected chi connectivity index (χ1v) is 11.8. The fraction of sp³-hybridized carbons (Fsp3) is 0.231. The van der Waals surface area contributed by atoms with Crippen molar-refractivity contribution in [1.82, 2.24) is 10.3 Å². The number of carboxylic acids is 1. The van der Waals surface area contributed by atoms with Gasteiger partial charge in [-0.15, -0.1) is 11.3 Å². The van der Waals surface area contributed by atoms with Gasteiger partial charge in [-0.1, -0.05) is 31.2 Å². The number of carboxylic acid groups (broad SMARTS) is 1. The number of thiazole rings is 1. The van der Waals surface area contributed by atoms with Crippen molar-refractivity contribution in [3.8, 4) is 11.5 Å². The maximum Gasteiger partial charge on any atom is 0.344 e. The Kier molecular flexibility index (Phi) is 7.72. The average Bonchev–Trinajstić information content (AvgIpc) is 3.27. The van der Waals surface area contributed by atoms with Gasteiger partial charge in [0, 0.05) is 13.1 Å². The summed E-state index contributed by atoms with van der Waals surface area (Å²) in [5, 5.41) is 13.4. The van der Waals surface area contributed by atoms with E-state index >= 15 is 0 Å². The second kappa shape index (κ2) is 11.1. The highest BCUT2D eigenvalue weighted by Crippen LogP contribution is 2.29. The van der Waals surface area contributed by atoms with E-state index in [9.17, 15) is 14.3 Å². The van der Waals surface area contributed by atoms with Crippen molar-refractivity contribution < 1.29 is 23.8 Å². The first kappa shape index (κ1) is 23.7. The van der Waals surface area contributed by atoms with E-state index in [1.54, 1.807) is 36.5 Å². The molecule has 0 amide bonds. The summed E-state index contributed by atoms with van der Waals surface area (Å²) >= 11 is 1.56. The SMILES string of the molecule is CCC(Oc1cccc(CNCC(Oc2ccc(F)cc2)c2nc3ccccc3s2)c1)C(=O)O. The number of aliphatic carboxylic acids is 1. The van der Waals surface area contributed by atoms with Crippen LogP contribution in [0.5, 0.6) is 11.5 Å². The van der Waals surface area contributed by atoms with Gasteiger partial charge in [0.15, 0.2) is 12.2 Å². The largest absolute Gasteiger partial charge is 0.482 e. The Morgan fingerprint density at radius 1 is 1.06 bits per heavy atom. The molecule has 0 aliphatic carbocycles. The number of nitrogens with one attached hydrogen (secondary N) is 1. The van der Waals surface area contributed by atoms with Crippen LogP contribution in [0, 0.1) is 5.82 Å². The molecule has 2 unspecified atom stereocenters. The van der Waals surface area contributed by atoms with E-state index in [1.165, 1.54) is 12.1 Å². The lowest BCUT2D eigenvalue weighted by molar-refractivity contribution is -0.145. The topological polar surface area (TPSA) is 80.7 Å². The van der Waals surface area contributed by atoms with Crippen LogP contribution in [0.15, 0.2) is 72.8 Å². The van der Waals surface area contributed by atoms with Gasteiger partial charge < -0.3 is 19.9 Å². The molecule has 0 saturated carbocycles. The normalized spacial score (nSPS) is 12.9. The predicted octanol–water partition coefficient (Wildman–Crippen LogP) is 5.59. The lowest BCUT2D eigenvalue weighted by Gasteiger charge is -2.18. The van der Waals surface area contributed by atoms with Crippen molar-refractivity contribution in [1.29, 1.82) is 0 Å². The van der Waals surface area contributed by atoms with Crippen molar-refractivity contribution in [2.24, 2.45) is 0 Å². The van der Waals surface area contributed by atoms with E-state index in [2.05, 4.69) is 5.32 Å². The van der Waals surface area contributed by atoms with Gasteiger partial charge in [0.25, 0.3) is 0 Å². The highest BCUT2D eigenvalue weighted by Gasteiger charge is 2.19. The number of aromatic nitrogens is 1. The number of halogens is 1. The van der Waals surface area contributed by atoms with Gasteiger partial charge in [0.05, 0.1) is 10.2 Å². The van der Waals surface area contributed by atoms with E-state index in [0.29, 0.717) is 31.0 Å². The Morgan fingerprint density at radius 3 is 2.59 bits per heavy atom. The number of nitrogens with zero attached hydrogens (tertiary/aromatic N) is 1. The van der Waals surface area contributed by atoms with Crippen LogP contribution in [0.4, 0.5) is 4.39 Å². The average molecular weight is 481 g/mol. The second-order valence-corrected chi connectivity index (χ2v) is 8.77. The third-order valence-electron chi connectivity index (χ3n) is 5.16. The van der Waals surface area contributed by atoms with Gasteiger partial charge in [-0.25, -0.2) is 14.2 Å². The van der Waals surface area contributed by atoms with Crippen LogP contribution in [0.1, 0.15) is 30.0 Å². The molecular weight excluding hydrogens is 455 g/mol. The van der Waals surface area contributed by atoms with Gasteiger partial charge in [0.1, 0.15) is 22.3 Å². The Morgan fingerprint density at radius 2 is 1.85 bits per heavy atom. The molecule has 1 aromatic heterocycles. The molecule has 176 valence electrons. The molecule has 0 fully saturated rings. The molecule has 4 aromatic rings. The van der Waals surface area contributed by atoms with Gasteiger partial charge >= 0.3 is 5.97 Å². The molecule has 8 heteroatoms. The van der Waals surface area contributed by atoms with Gasteiger partial charge in [-0.2, -0.15) is 0 Å². The number of rotatable bonds is 11. The Balaban J connectivity index is 1.46. The van der Waals surface area contributed by atoms with E-state index < -0.39 is 12.1 Å². The van der Waals surface area contributed by atoms with Crippen LogP contribution in [0.2, 0.25) is 0 Å². The third kappa shape index (κ3) is 6.09. The summed E-state index contributed by atoms with van der Waals surface area (Å²) in [5.74, 6) is -0.235. The summed E-state index contributed by atoms with van der Waals surface area (Å²) < 4.78 is 26.2. The first-order valence-electron chi connectivity index (χ1n) is 11.0. The summed E-state index contributed by atoms with van der Waals surface area (Å²) in [6.45, 7) is 2.76. The first-order chi connectivity index (χ1) is 16.5. The number of fused-ring (bicyclic) bond motifs is 1. The molecule has 34 heavy (non-hydrogen) atoms. The Labute approximate surface area is 201 Å². The summed E-state index contributed by atoms with van der Waals surface area (Å²) in [5.41, 5.74) is 1.85. The van der Waals surface area contributed by atoms with Crippen LogP contribution < -0.4 is 14.8 Å². The van der Waals surface area contributed by atoms with E-state index in [-0.39, 0.29) is 11.9 Å². The Hall–Kier alpha value is -3.49. The molecule has 2 atom stereocenters. The molecule has 1 heterocycles. The molecule has 0 bridgehead atoms. The van der Waals surface area contributed by atoms with Crippen LogP contribution >= 0.6 is 11.3 Å². The molecule has 2 N–H and O–H groups in total. The van der Waals surface area contributed by atoms with Gasteiger partial charge in [0.2, 0.25) is 0 Å². The maximum atomic E-state index is 13.3. The summed E-state index contributed by atoms with van der Waals surface area (Å²) in [6.07, 6.45) is -0.878. The van der Waals surface area contributed by atoms with Crippen molar-refractivity contribution in [3.63, 3.8) is 0 Å². The Bertz CT molecular complexity index is 1210. The number of hydrogen-bond donors (Lipinski definition) is 2. The van der Waals surface area contributed by atoms with E-state index in [0.717, 1.165) is 20.8 Å². The number of para-hydroxylation sites is 1. The third-order valence-corrected chi connectivity index (χ3v) is 6.29. The predicted molar refractivity (Wildman–Crippen MR) is 130 cm³/mol. The monoisotopic (exact) mass is 480 g/mol. The zero-order chi connectivity index (χ0) is 23.9. The highest BCUT2D eigenvalue weighted by atomic mass is 32.1. The molecule has 6 nitrogen and oxygen atoms in total. The van der Waals surface area contributed by atoms with Gasteiger partial charge in [-0.05, 0) is 60.5 Å². The molecule has 0 spiro atoms. The molecule has 0 aliphatic rings. The van der Waals surface area contributed by atoms with Gasteiger partial charge in [-0.3, -0.25) is 0 Å². The standard InChI is InChI=1S/C26H25FN2O4S/c1-2-22(26(30)31)33-20-7-5-6-17(14-20)15-28-16-23(32-19-12-10-18(27)11-13-19)25-29-21-8-3-4-9-24(21)34-25/h3-14,22-23,28H,2,15-16H2,1H3,(H,30,31). The van der Waals surface area contributed by atoms with Crippen LogP contribution in [-0.2, 0) is 11.3 Å². The summed E-state index contributed by atoms with van der Waals surface area (Å²) in [6, 6.07) is 21.2. The van der Waals surface area contributed by atoms with Crippen molar-refractivity contribution in [2.75, 3.05) is 6.54 Å². The van der Waals surface area contributed by atoms with Crippen molar-refractivity contribution in [2.45, 2.75) is 32.1 Å². The van der Waals surface area contributed by atoms with Crippen LogP contribution in [-0.4, -0.2) is 28.7 Å². The second-order valence-electron chi connectivity index (χ2n) is 7.71. The molecule has 0 aliphatic heterocycles. The number of ether oxygens (including phenoxy) is 2. The molecule has 4 rings (SSSR count). The summed E-state index contributed by atoms with van der Waals surface area (Å²) in [7, 11) is 0. The smallest absolute Gasteiger partial charge is 0.344 e. The zero-order valence-corrected chi connectivity index (χ0v) is 19.4. The fourth-order valence-corrected chi connectivity index (χ4v) is 4.43. The summed E-state index contributed by atoms with van der Waals surface area (Å²) in [4.78, 5) is 16.0. The lowest BCUT2D eigenvalue weighted by atomic mass is 10.2. The maximum absolute atomic E-state index is 13.3. The lowest BCUT2D eigenvalue weighted by Crippen LogP contribution is -2.26. The molecule has 3 aromatic carbocycles. The van der Waals surface area contributed by atoms with Crippen LogP contribution in [0.25, 0.3) is 10.2 Å². The zero-order valence-electron chi connectivity index (χ0n) is 18.6. The van der Waals surface area contributed by atoms with Crippen molar-refractivity contribution in [3.05, 3.63) is 89.2 Å². The van der Waals surface area contributed by atoms with E-state index in [1.807, 2.05) is 42.5 Å².